The molecule has 0 aromatic carbocycles. The minimum Gasteiger partial charge on any atom is -0.333 e. The third-order valence-corrected chi connectivity index (χ3v) is 5.33. The smallest absolute Gasteiger partial charge is 0.264 e. The Morgan fingerprint density at radius 1 is 1.55 bits per heavy atom. The number of carbonyl (C=O) groups is 1. The van der Waals surface area contributed by atoms with Gasteiger partial charge in [-0.25, -0.2) is 8.42 Å². The van der Waals surface area contributed by atoms with E-state index in [0.29, 0.717) is 11.4 Å². The van der Waals surface area contributed by atoms with E-state index in [1.54, 1.807) is 6.07 Å². The number of hydrogen-bond acceptors (Lipinski definition) is 5. The molecule has 1 amide bonds. The highest BCUT2D eigenvalue weighted by atomic mass is 32.2. The SMILES string of the molecule is Cc1sc(C(=O)N2CCNCC2C)cc1CS(C)(=O)=O. The molecular weight excluding hydrogens is 296 g/mol. The lowest BCUT2D eigenvalue weighted by atomic mass is 10.2. The first-order chi connectivity index (χ1) is 9.28. The zero-order valence-electron chi connectivity index (χ0n) is 12.0. The summed E-state index contributed by atoms with van der Waals surface area (Å²) in [7, 11) is -3.08. The second kappa shape index (κ2) is 5.83. The summed E-state index contributed by atoms with van der Waals surface area (Å²) < 4.78 is 22.8. The van der Waals surface area contributed by atoms with Gasteiger partial charge in [-0.05, 0) is 25.5 Å². The van der Waals surface area contributed by atoms with Crippen molar-refractivity contribution in [1.82, 2.24) is 10.2 Å². The summed E-state index contributed by atoms with van der Waals surface area (Å²) in [5.74, 6) is 0.00607. The molecule has 0 saturated carbocycles. The average molecular weight is 316 g/mol. The van der Waals surface area contributed by atoms with Gasteiger partial charge in [0.1, 0.15) is 0 Å². The Morgan fingerprint density at radius 3 is 2.85 bits per heavy atom. The van der Waals surface area contributed by atoms with Crippen molar-refractivity contribution in [2.75, 3.05) is 25.9 Å². The molecule has 1 aromatic heterocycles. The molecule has 1 aliphatic rings. The molecular formula is C13H20N2O3S2. The lowest BCUT2D eigenvalue weighted by molar-refractivity contribution is 0.0660. The van der Waals surface area contributed by atoms with Crippen LogP contribution in [0.2, 0.25) is 0 Å². The Bertz CT molecular complexity index is 607. The monoisotopic (exact) mass is 316 g/mol. The molecule has 1 saturated heterocycles. The predicted octanol–water partition coefficient (Wildman–Crippen LogP) is 1.04. The van der Waals surface area contributed by atoms with Gasteiger partial charge in [0.05, 0.1) is 10.6 Å². The number of rotatable bonds is 3. The fourth-order valence-corrected chi connectivity index (χ4v) is 4.29. The maximum atomic E-state index is 12.5. The number of piperazine rings is 1. The summed E-state index contributed by atoms with van der Waals surface area (Å²) in [4.78, 5) is 15.9. The predicted molar refractivity (Wildman–Crippen MR) is 81.0 cm³/mol. The van der Waals surface area contributed by atoms with Crippen molar-refractivity contribution in [2.45, 2.75) is 25.6 Å². The zero-order chi connectivity index (χ0) is 14.9. The summed E-state index contributed by atoms with van der Waals surface area (Å²) in [6.07, 6.45) is 1.21. The van der Waals surface area contributed by atoms with Gasteiger partial charge < -0.3 is 10.2 Å². The lowest BCUT2D eigenvalue weighted by Crippen LogP contribution is -2.52. The summed E-state index contributed by atoms with van der Waals surface area (Å²) in [6, 6.07) is 1.90. The van der Waals surface area contributed by atoms with Gasteiger partial charge in [-0.2, -0.15) is 0 Å². The number of aryl methyl sites for hydroxylation is 1. The van der Waals surface area contributed by atoms with E-state index < -0.39 is 9.84 Å². The first-order valence-electron chi connectivity index (χ1n) is 6.56. The molecule has 1 atom stereocenters. The van der Waals surface area contributed by atoms with E-state index >= 15 is 0 Å². The number of hydrogen-bond donors (Lipinski definition) is 1. The third-order valence-electron chi connectivity index (χ3n) is 3.41. The van der Waals surface area contributed by atoms with Gasteiger partial charge in [0.15, 0.2) is 9.84 Å². The normalized spacial score (nSPS) is 20.1. The maximum absolute atomic E-state index is 12.5. The number of nitrogens with zero attached hydrogens (tertiary/aromatic N) is 1. The highest BCUT2D eigenvalue weighted by molar-refractivity contribution is 7.89. The molecule has 7 heteroatoms. The number of nitrogens with one attached hydrogen (secondary N) is 1. The highest BCUT2D eigenvalue weighted by Gasteiger charge is 2.26. The summed E-state index contributed by atoms with van der Waals surface area (Å²) >= 11 is 1.38. The number of carbonyl (C=O) groups excluding carboxylic acids is 1. The van der Waals surface area contributed by atoms with E-state index in [1.165, 1.54) is 17.6 Å². The first-order valence-corrected chi connectivity index (χ1v) is 9.44. The fraction of sp³-hybridized carbons (Fsp3) is 0.615. The van der Waals surface area contributed by atoms with Gasteiger partial charge in [0, 0.05) is 36.8 Å². The molecule has 20 heavy (non-hydrogen) atoms. The van der Waals surface area contributed by atoms with Crippen LogP contribution < -0.4 is 5.32 Å². The van der Waals surface area contributed by atoms with Gasteiger partial charge in [0.2, 0.25) is 0 Å². The largest absolute Gasteiger partial charge is 0.333 e. The number of thiophene rings is 1. The highest BCUT2D eigenvalue weighted by Crippen LogP contribution is 2.25. The third kappa shape index (κ3) is 3.59. The van der Waals surface area contributed by atoms with Crippen molar-refractivity contribution < 1.29 is 13.2 Å². The molecule has 2 rings (SSSR count). The Balaban J connectivity index is 2.21. The van der Waals surface area contributed by atoms with E-state index in [1.807, 2.05) is 18.7 Å². The molecule has 1 N–H and O–H groups in total. The second-order valence-corrected chi connectivity index (χ2v) is 8.71. The molecule has 1 aromatic rings. The molecule has 0 spiro atoms. The average Bonchev–Trinajstić information content (AvgIpc) is 2.68. The van der Waals surface area contributed by atoms with Crippen LogP contribution in [-0.4, -0.2) is 51.2 Å². The molecule has 1 unspecified atom stereocenters. The van der Waals surface area contributed by atoms with Crippen LogP contribution in [-0.2, 0) is 15.6 Å². The van der Waals surface area contributed by atoms with Gasteiger partial charge in [0.25, 0.3) is 5.91 Å². The molecule has 1 aliphatic heterocycles. The molecule has 2 heterocycles. The van der Waals surface area contributed by atoms with Gasteiger partial charge in [-0.15, -0.1) is 11.3 Å². The van der Waals surface area contributed by atoms with Crippen LogP contribution in [0.3, 0.4) is 0 Å². The van der Waals surface area contributed by atoms with Crippen molar-refractivity contribution in [1.29, 1.82) is 0 Å². The van der Waals surface area contributed by atoms with Crippen molar-refractivity contribution in [3.8, 4) is 0 Å². The number of sulfone groups is 1. The van der Waals surface area contributed by atoms with E-state index in [0.717, 1.165) is 23.5 Å². The molecule has 0 radical (unpaired) electrons. The van der Waals surface area contributed by atoms with Crippen molar-refractivity contribution in [2.24, 2.45) is 0 Å². The Kier molecular flexibility index (Phi) is 4.51. The van der Waals surface area contributed by atoms with E-state index in [2.05, 4.69) is 5.32 Å². The van der Waals surface area contributed by atoms with Crippen LogP contribution in [0.5, 0.6) is 0 Å². The first kappa shape index (κ1) is 15.5. The Labute approximate surface area is 123 Å². The van der Waals surface area contributed by atoms with Gasteiger partial charge in [-0.1, -0.05) is 0 Å². The van der Waals surface area contributed by atoms with Crippen LogP contribution >= 0.6 is 11.3 Å². The minimum absolute atomic E-state index is 0.000275. The second-order valence-electron chi connectivity index (χ2n) is 5.31. The quantitative estimate of drug-likeness (QED) is 0.905. The minimum atomic E-state index is -3.08. The van der Waals surface area contributed by atoms with Crippen molar-refractivity contribution in [3.63, 3.8) is 0 Å². The molecule has 0 aliphatic carbocycles. The van der Waals surface area contributed by atoms with Crippen LogP contribution in [0.25, 0.3) is 0 Å². The fourth-order valence-electron chi connectivity index (χ4n) is 2.34. The lowest BCUT2D eigenvalue weighted by Gasteiger charge is -2.33. The van der Waals surface area contributed by atoms with E-state index in [-0.39, 0.29) is 17.7 Å². The summed E-state index contributed by atoms with van der Waals surface area (Å²) in [5.41, 5.74) is 0.739. The van der Waals surface area contributed by atoms with Crippen LogP contribution in [0, 0.1) is 6.92 Å². The van der Waals surface area contributed by atoms with Crippen LogP contribution in [0.15, 0.2) is 6.07 Å². The maximum Gasteiger partial charge on any atom is 0.264 e. The van der Waals surface area contributed by atoms with E-state index in [4.69, 9.17) is 0 Å². The molecule has 0 bridgehead atoms. The summed E-state index contributed by atoms with van der Waals surface area (Å²) in [6.45, 7) is 6.17. The van der Waals surface area contributed by atoms with Gasteiger partial charge in [-0.3, -0.25) is 4.79 Å². The zero-order valence-corrected chi connectivity index (χ0v) is 13.6. The Morgan fingerprint density at radius 2 is 2.25 bits per heavy atom. The Hall–Kier alpha value is -0.920. The van der Waals surface area contributed by atoms with Crippen LogP contribution in [0.4, 0.5) is 0 Å². The molecule has 5 nitrogen and oxygen atoms in total. The van der Waals surface area contributed by atoms with Gasteiger partial charge >= 0.3 is 0 Å². The molecule has 112 valence electrons. The van der Waals surface area contributed by atoms with Crippen LogP contribution in [0.1, 0.15) is 27.0 Å². The number of amides is 1. The summed E-state index contributed by atoms with van der Waals surface area (Å²) in [5, 5.41) is 3.25. The van der Waals surface area contributed by atoms with Crippen molar-refractivity contribution >= 4 is 27.1 Å². The topological polar surface area (TPSA) is 66.5 Å². The standard InChI is InChI=1S/C13H20N2O3S2/c1-9-7-14-4-5-15(9)13(16)12-6-11(10(2)19-12)8-20(3,17)18/h6,9,14H,4-5,7-8H2,1-3H3. The van der Waals surface area contributed by atoms with Crippen molar-refractivity contribution in [3.05, 3.63) is 21.4 Å². The molecule has 1 fully saturated rings. The van der Waals surface area contributed by atoms with E-state index in [9.17, 15) is 13.2 Å².